The van der Waals surface area contributed by atoms with E-state index in [-0.39, 0.29) is 5.11 Å². The van der Waals surface area contributed by atoms with Gasteiger partial charge in [0.25, 0.3) is 0 Å². The van der Waals surface area contributed by atoms with Crippen LogP contribution in [0.2, 0.25) is 0 Å². The molecule has 5 atom stereocenters. The zero-order valence-electron chi connectivity index (χ0n) is 15.0. The summed E-state index contributed by atoms with van der Waals surface area (Å²) in [6, 6.07) is 0. The molecule has 0 radical (unpaired) electrons. The number of nitrogens with two attached hydrogens (primary N) is 1. The van der Waals surface area contributed by atoms with Crippen LogP contribution in [0, 0.1) is 0 Å². The molecular formula is C14H21N3O9S. The molecule has 12 nitrogen and oxygen atoms in total. The fourth-order valence-electron chi connectivity index (χ4n) is 2.40. The molecule has 4 N–H and O–H groups in total. The highest BCUT2D eigenvalue weighted by Gasteiger charge is 2.54. The van der Waals surface area contributed by atoms with Crippen molar-refractivity contribution in [1.82, 2.24) is 10.7 Å². The van der Waals surface area contributed by atoms with Crippen LogP contribution in [0.5, 0.6) is 0 Å². The third kappa shape index (κ3) is 6.30. The first-order chi connectivity index (χ1) is 12.6. The van der Waals surface area contributed by atoms with Crippen molar-refractivity contribution in [3.8, 4) is 0 Å². The Kier molecular flexibility index (Phi) is 8.33. The molecule has 13 heteroatoms. The second-order valence-corrected chi connectivity index (χ2v) is 5.75. The van der Waals surface area contributed by atoms with Gasteiger partial charge >= 0.3 is 23.9 Å². The van der Waals surface area contributed by atoms with Crippen molar-refractivity contribution in [2.24, 2.45) is 5.84 Å². The second-order valence-electron chi connectivity index (χ2n) is 5.34. The molecule has 0 spiro atoms. The first kappa shape index (κ1) is 22.5. The van der Waals surface area contributed by atoms with Crippen LogP contribution in [0.4, 0.5) is 0 Å². The van der Waals surface area contributed by atoms with Crippen molar-refractivity contribution >= 4 is 41.2 Å². The van der Waals surface area contributed by atoms with E-state index in [1.807, 2.05) is 0 Å². The zero-order chi connectivity index (χ0) is 20.7. The molecule has 0 aromatic carbocycles. The minimum absolute atomic E-state index is 0.117. The third-order valence-corrected chi connectivity index (χ3v) is 3.52. The predicted octanol–water partition coefficient (Wildman–Crippen LogP) is -1.98. The molecule has 1 fully saturated rings. The monoisotopic (exact) mass is 407 g/mol. The summed E-state index contributed by atoms with van der Waals surface area (Å²) in [6.45, 7) is 3.28. The van der Waals surface area contributed by atoms with Gasteiger partial charge in [0.1, 0.15) is 0 Å². The molecule has 1 rings (SSSR count). The van der Waals surface area contributed by atoms with E-state index in [2.05, 4.69) is 15.5 Å². The highest BCUT2D eigenvalue weighted by atomic mass is 32.1. The van der Waals surface area contributed by atoms with E-state index in [9.17, 15) is 19.2 Å². The summed E-state index contributed by atoms with van der Waals surface area (Å²) in [4.78, 5) is 46.7. The van der Waals surface area contributed by atoms with E-state index < -0.39 is 54.5 Å². The summed E-state index contributed by atoms with van der Waals surface area (Å²) in [7, 11) is 1.09. The Hall–Kier alpha value is -2.51. The Morgan fingerprint density at radius 3 is 1.85 bits per heavy atom. The van der Waals surface area contributed by atoms with Crippen molar-refractivity contribution in [2.75, 3.05) is 7.11 Å². The molecule has 0 aliphatic carbocycles. The van der Waals surface area contributed by atoms with Gasteiger partial charge in [-0.1, -0.05) is 0 Å². The quantitative estimate of drug-likeness (QED) is 0.151. The molecule has 0 amide bonds. The summed E-state index contributed by atoms with van der Waals surface area (Å²) in [5.74, 6) is 1.96. The lowest BCUT2D eigenvalue weighted by atomic mass is 9.97. The Bertz CT molecular complexity index is 615. The van der Waals surface area contributed by atoms with Gasteiger partial charge in [0.15, 0.2) is 35.8 Å². The number of hydrazine groups is 1. The standard InChI is InChI=1S/C14H21N3O9S/c1-5(18)23-8-9(24-6(2)19)11(13(21)22-4)26-12(16-14(27)17-15)10(8)25-7(3)20/h8-12H,15H2,1-4H3,(H2,16,17,27)/t8-,9-,10+,11-,12+/m0/s1. The predicted molar refractivity (Wildman–Crippen MR) is 90.4 cm³/mol. The van der Waals surface area contributed by atoms with Gasteiger partial charge < -0.3 is 34.4 Å². The number of rotatable bonds is 5. The van der Waals surface area contributed by atoms with Crippen molar-refractivity contribution in [3.05, 3.63) is 0 Å². The van der Waals surface area contributed by atoms with Crippen LogP contribution >= 0.6 is 12.2 Å². The summed E-state index contributed by atoms with van der Waals surface area (Å²) >= 11 is 4.88. The number of hydrogen-bond donors (Lipinski definition) is 3. The Morgan fingerprint density at radius 1 is 0.926 bits per heavy atom. The highest BCUT2D eigenvalue weighted by molar-refractivity contribution is 7.80. The maximum absolute atomic E-state index is 12.1. The van der Waals surface area contributed by atoms with Crippen molar-refractivity contribution in [1.29, 1.82) is 0 Å². The molecule has 0 aromatic rings. The van der Waals surface area contributed by atoms with E-state index in [0.717, 1.165) is 27.9 Å². The van der Waals surface area contributed by atoms with Gasteiger partial charge in [0.05, 0.1) is 7.11 Å². The van der Waals surface area contributed by atoms with Gasteiger partial charge in [-0.15, -0.1) is 0 Å². The average molecular weight is 407 g/mol. The zero-order valence-corrected chi connectivity index (χ0v) is 15.9. The van der Waals surface area contributed by atoms with Crippen LogP contribution in [0.3, 0.4) is 0 Å². The number of thiocarbonyl (C=S) groups is 1. The lowest BCUT2D eigenvalue weighted by molar-refractivity contribution is -0.250. The number of esters is 4. The van der Waals surface area contributed by atoms with Crippen LogP contribution < -0.4 is 16.6 Å². The van der Waals surface area contributed by atoms with Gasteiger partial charge in [0.2, 0.25) is 0 Å². The molecule has 152 valence electrons. The number of carbonyl (C=O) groups excluding carboxylic acids is 4. The number of methoxy groups -OCH3 is 1. The first-order valence-corrected chi connectivity index (χ1v) is 8.03. The van der Waals surface area contributed by atoms with Crippen LogP contribution in [0.1, 0.15) is 20.8 Å². The number of ether oxygens (including phenoxy) is 5. The minimum Gasteiger partial charge on any atom is -0.467 e. The summed E-state index contributed by atoms with van der Waals surface area (Å²) in [5, 5.41) is 2.45. The maximum Gasteiger partial charge on any atom is 0.339 e. The van der Waals surface area contributed by atoms with Gasteiger partial charge in [-0.3, -0.25) is 14.4 Å². The fourth-order valence-corrected chi connectivity index (χ4v) is 2.52. The number of nitrogens with one attached hydrogen (secondary N) is 2. The highest BCUT2D eigenvalue weighted by Crippen LogP contribution is 2.28. The minimum atomic E-state index is -1.51. The van der Waals surface area contributed by atoms with Crippen molar-refractivity contribution < 1.29 is 42.9 Å². The van der Waals surface area contributed by atoms with E-state index in [0.29, 0.717) is 0 Å². The molecule has 0 bridgehead atoms. The lowest BCUT2D eigenvalue weighted by Gasteiger charge is -2.43. The van der Waals surface area contributed by atoms with Crippen LogP contribution in [-0.2, 0) is 42.9 Å². The molecule has 0 unspecified atom stereocenters. The van der Waals surface area contributed by atoms with Gasteiger partial charge in [-0.2, -0.15) is 0 Å². The fraction of sp³-hybridized carbons (Fsp3) is 0.643. The molecular weight excluding hydrogens is 386 g/mol. The molecule has 0 saturated carbocycles. The van der Waals surface area contributed by atoms with Crippen LogP contribution in [0.15, 0.2) is 0 Å². The Balaban J connectivity index is 3.38. The third-order valence-electron chi connectivity index (χ3n) is 3.28. The lowest BCUT2D eigenvalue weighted by Crippen LogP contribution is -2.67. The van der Waals surface area contributed by atoms with Gasteiger partial charge in [0, 0.05) is 20.8 Å². The maximum atomic E-state index is 12.1. The smallest absolute Gasteiger partial charge is 0.339 e. The van der Waals surface area contributed by atoms with E-state index in [1.165, 1.54) is 0 Å². The summed E-state index contributed by atoms with van der Waals surface area (Å²) in [6.07, 6.45) is -6.96. The number of carbonyl (C=O) groups is 4. The molecule has 1 saturated heterocycles. The first-order valence-electron chi connectivity index (χ1n) is 7.62. The molecule has 1 aliphatic heterocycles. The molecule has 1 heterocycles. The van der Waals surface area contributed by atoms with Crippen molar-refractivity contribution in [3.63, 3.8) is 0 Å². The normalized spacial score (nSPS) is 26.9. The molecule has 0 aromatic heterocycles. The van der Waals surface area contributed by atoms with Crippen molar-refractivity contribution in [2.45, 2.75) is 51.4 Å². The topological polar surface area (TPSA) is 165 Å². The molecule has 1 aliphatic rings. The van der Waals surface area contributed by atoms with Gasteiger partial charge in [-0.05, 0) is 12.2 Å². The van der Waals surface area contributed by atoms with E-state index >= 15 is 0 Å². The number of hydrogen-bond acceptors (Lipinski definition) is 11. The summed E-state index contributed by atoms with van der Waals surface area (Å²) in [5.41, 5.74) is 2.13. The average Bonchev–Trinajstić information content (AvgIpc) is 2.57. The Labute approximate surface area is 159 Å². The SMILES string of the molecule is COC(=O)[C@H]1O[C@@H](NC(=S)NN)[C@H](OC(C)=O)[C@@H](OC(C)=O)[C@@H]1OC(C)=O. The van der Waals surface area contributed by atoms with Crippen LogP contribution in [0.25, 0.3) is 0 Å². The molecule has 27 heavy (non-hydrogen) atoms. The summed E-state index contributed by atoms with van der Waals surface area (Å²) < 4.78 is 25.6. The largest absolute Gasteiger partial charge is 0.467 e. The van der Waals surface area contributed by atoms with E-state index in [4.69, 9.17) is 37.0 Å². The van der Waals surface area contributed by atoms with E-state index in [1.54, 1.807) is 0 Å². The van der Waals surface area contributed by atoms with Crippen LogP contribution in [-0.4, -0.2) is 66.7 Å². The second kappa shape index (κ2) is 9.99. The Morgan fingerprint density at radius 2 is 1.41 bits per heavy atom. The van der Waals surface area contributed by atoms with Gasteiger partial charge in [-0.25, -0.2) is 10.6 Å².